The van der Waals surface area contributed by atoms with Crippen molar-refractivity contribution in [2.75, 3.05) is 0 Å². The van der Waals surface area contributed by atoms with E-state index in [4.69, 9.17) is 5.11 Å². The molecule has 19 heavy (non-hydrogen) atoms. The van der Waals surface area contributed by atoms with Crippen molar-refractivity contribution in [2.24, 2.45) is 0 Å². The first kappa shape index (κ1) is 13.7. The summed E-state index contributed by atoms with van der Waals surface area (Å²) in [6, 6.07) is 4.01. The summed E-state index contributed by atoms with van der Waals surface area (Å²) in [7, 11) is -3.49. The average Bonchev–Trinajstić information content (AvgIpc) is 2.80. The highest BCUT2D eigenvalue weighted by molar-refractivity contribution is 7.90. The largest absolute Gasteiger partial charge is 0.478 e. The lowest BCUT2D eigenvalue weighted by atomic mass is 10.1. The molecule has 0 atom stereocenters. The Morgan fingerprint density at radius 3 is 2.68 bits per heavy atom. The highest BCUT2D eigenvalue weighted by Gasteiger charge is 2.18. The maximum Gasteiger partial charge on any atom is 0.335 e. The third-order valence-electron chi connectivity index (χ3n) is 2.58. The van der Waals surface area contributed by atoms with Crippen molar-refractivity contribution >= 4 is 27.1 Å². The molecule has 7 heteroatoms. The quantitative estimate of drug-likeness (QED) is 0.934. The number of aromatic nitrogens is 1. The number of sulfone groups is 1. The van der Waals surface area contributed by atoms with Crippen LogP contribution in [0.3, 0.4) is 0 Å². The number of aryl methyl sites for hydroxylation is 1. The van der Waals surface area contributed by atoms with Crippen molar-refractivity contribution in [3.8, 4) is 0 Å². The summed E-state index contributed by atoms with van der Waals surface area (Å²) in [5.41, 5.74) is 0.529. The highest BCUT2D eigenvalue weighted by atomic mass is 32.2. The molecule has 0 radical (unpaired) electrons. The van der Waals surface area contributed by atoms with E-state index in [9.17, 15) is 13.2 Å². The number of hydrogen-bond acceptors (Lipinski definition) is 5. The molecule has 0 saturated heterocycles. The minimum atomic E-state index is -3.49. The van der Waals surface area contributed by atoms with Crippen molar-refractivity contribution in [1.29, 1.82) is 0 Å². The molecule has 0 amide bonds. The molecule has 0 saturated carbocycles. The third kappa shape index (κ3) is 2.99. The van der Waals surface area contributed by atoms with E-state index < -0.39 is 15.8 Å². The molecular formula is C12H11NO4S2. The lowest BCUT2D eigenvalue weighted by Gasteiger charge is -2.06. The van der Waals surface area contributed by atoms with E-state index in [1.807, 2.05) is 0 Å². The standard InChI is InChI=1S/C12H11NO4S2/c1-8-6-9(2-3-10(8)12(14)15)19(16,17)7-11-13-4-5-18-11/h2-6H,7H2,1H3,(H,14,15). The van der Waals surface area contributed by atoms with Crippen molar-refractivity contribution in [3.63, 3.8) is 0 Å². The van der Waals surface area contributed by atoms with Gasteiger partial charge in [0, 0.05) is 11.6 Å². The van der Waals surface area contributed by atoms with Gasteiger partial charge in [-0.3, -0.25) is 0 Å². The molecule has 2 aromatic rings. The molecule has 1 aromatic heterocycles. The van der Waals surface area contributed by atoms with Crippen molar-refractivity contribution in [3.05, 3.63) is 45.9 Å². The van der Waals surface area contributed by atoms with E-state index in [1.54, 1.807) is 18.5 Å². The van der Waals surface area contributed by atoms with Gasteiger partial charge in [-0.15, -0.1) is 11.3 Å². The van der Waals surface area contributed by atoms with Gasteiger partial charge in [0.05, 0.1) is 10.5 Å². The molecule has 0 bridgehead atoms. The second-order valence-corrected chi connectivity index (χ2v) is 6.94. The number of carboxylic acids is 1. The average molecular weight is 297 g/mol. The Balaban J connectivity index is 2.36. The summed E-state index contributed by atoms with van der Waals surface area (Å²) in [6.07, 6.45) is 1.55. The Kier molecular flexibility index (Phi) is 3.68. The summed E-state index contributed by atoms with van der Waals surface area (Å²) < 4.78 is 24.3. The van der Waals surface area contributed by atoms with Crippen molar-refractivity contribution in [2.45, 2.75) is 17.6 Å². The zero-order valence-electron chi connectivity index (χ0n) is 10.0. The lowest BCUT2D eigenvalue weighted by molar-refractivity contribution is 0.0696. The first-order valence-corrected chi connectivity index (χ1v) is 7.88. The van der Waals surface area contributed by atoms with Gasteiger partial charge in [-0.05, 0) is 30.7 Å². The monoisotopic (exact) mass is 297 g/mol. The third-order valence-corrected chi connectivity index (χ3v) is 5.17. The van der Waals surface area contributed by atoms with Crippen LogP contribution in [0.15, 0.2) is 34.7 Å². The molecule has 0 fully saturated rings. The minimum Gasteiger partial charge on any atom is -0.478 e. The lowest BCUT2D eigenvalue weighted by Crippen LogP contribution is -2.07. The molecule has 1 N–H and O–H groups in total. The molecule has 0 unspecified atom stereocenters. The van der Waals surface area contributed by atoms with Crippen LogP contribution in [0.2, 0.25) is 0 Å². The fraction of sp³-hybridized carbons (Fsp3) is 0.167. The van der Waals surface area contributed by atoms with Crippen LogP contribution in [0.4, 0.5) is 0 Å². The molecule has 2 rings (SSSR count). The van der Waals surface area contributed by atoms with Gasteiger partial charge < -0.3 is 5.11 Å². The molecule has 5 nitrogen and oxygen atoms in total. The first-order chi connectivity index (χ1) is 8.90. The zero-order valence-corrected chi connectivity index (χ0v) is 11.7. The Labute approximate surface area is 114 Å². The summed E-state index contributed by atoms with van der Waals surface area (Å²) in [5, 5.41) is 11.1. The molecular weight excluding hydrogens is 286 g/mol. The van der Waals surface area contributed by atoms with Crippen molar-refractivity contribution < 1.29 is 18.3 Å². The summed E-state index contributed by atoms with van der Waals surface area (Å²) in [4.78, 5) is 14.9. The maximum absolute atomic E-state index is 12.2. The van der Waals surface area contributed by atoms with Crippen LogP contribution >= 0.6 is 11.3 Å². The second kappa shape index (κ2) is 5.10. The number of thiazole rings is 1. The molecule has 0 aliphatic carbocycles. The molecule has 1 heterocycles. The fourth-order valence-electron chi connectivity index (χ4n) is 1.64. The van der Waals surface area contributed by atoms with Crippen LogP contribution in [0.25, 0.3) is 0 Å². The van der Waals surface area contributed by atoms with Gasteiger partial charge >= 0.3 is 5.97 Å². The number of rotatable bonds is 4. The smallest absolute Gasteiger partial charge is 0.335 e. The molecule has 0 aliphatic rings. The molecule has 100 valence electrons. The minimum absolute atomic E-state index is 0.105. The predicted molar refractivity (Wildman–Crippen MR) is 71.1 cm³/mol. The van der Waals surface area contributed by atoms with Crippen LogP contribution in [0.5, 0.6) is 0 Å². The van der Waals surface area contributed by atoms with E-state index >= 15 is 0 Å². The van der Waals surface area contributed by atoms with Gasteiger partial charge in [0.1, 0.15) is 10.8 Å². The van der Waals surface area contributed by atoms with Crippen molar-refractivity contribution in [1.82, 2.24) is 4.98 Å². The Bertz CT molecular complexity index is 705. The fourth-order valence-corrected chi connectivity index (χ4v) is 3.98. The molecule has 1 aromatic carbocycles. The highest BCUT2D eigenvalue weighted by Crippen LogP contribution is 2.20. The van der Waals surface area contributed by atoms with E-state index in [2.05, 4.69) is 4.98 Å². The number of nitrogens with zero attached hydrogens (tertiary/aromatic N) is 1. The van der Waals surface area contributed by atoms with Gasteiger partial charge in [0.25, 0.3) is 0 Å². The van der Waals surface area contributed by atoms with Crippen LogP contribution < -0.4 is 0 Å². The van der Waals surface area contributed by atoms with E-state index in [1.165, 1.54) is 29.5 Å². The Morgan fingerprint density at radius 1 is 1.42 bits per heavy atom. The van der Waals surface area contributed by atoms with E-state index in [0.717, 1.165) is 0 Å². The van der Waals surface area contributed by atoms with Crippen LogP contribution in [0.1, 0.15) is 20.9 Å². The van der Waals surface area contributed by atoms with Gasteiger partial charge in [-0.1, -0.05) is 0 Å². The predicted octanol–water partition coefficient (Wildman–Crippen LogP) is 2.12. The summed E-state index contributed by atoms with van der Waals surface area (Å²) in [6.45, 7) is 1.58. The number of carbonyl (C=O) groups is 1. The Hall–Kier alpha value is -1.73. The number of aromatic carboxylic acids is 1. The number of carboxylic acid groups (broad SMARTS) is 1. The number of benzene rings is 1. The Morgan fingerprint density at radius 2 is 2.16 bits per heavy atom. The van der Waals surface area contributed by atoms with Gasteiger partial charge in [0.2, 0.25) is 0 Å². The van der Waals surface area contributed by atoms with Gasteiger partial charge in [0.15, 0.2) is 9.84 Å². The topological polar surface area (TPSA) is 84.3 Å². The second-order valence-electron chi connectivity index (χ2n) is 3.97. The van der Waals surface area contributed by atoms with E-state index in [0.29, 0.717) is 10.6 Å². The molecule has 0 spiro atoms. The SMILES string of the molecule is Cc1cc(S(=O)(=O)Cc2nccs2)ccc1C(=O)O. The van der Waals surface area contributed by atoms with Crippen LogP contribution in [0, 0.1) is 6.92 Å². The summed E-state index contributed by atoms with van der Waals surface area (Å²) in [5.74, 6) is -1.24. The zero-order chi connectivity index (χ0) is 14.0. The van der Waals surface area contributed by atoms with Crippen LogP contribution in [-0.4, -0.2) is 24.5 Å². The molecule has 0 aliphatic heterocycles. The van der Waals surface area contributed by atoms with Gasteiger partial charge in [-0.25, -0.2) is 18.2 Å². The summed E-state index contributed by atoms with van der Waals surface area (Å²) >= 11 is 1.27. The maximum atomic E-state index is 12.2. The normalized spacial score (nSPS) is 11.4. The van der Waals surface area contributed by atoms with E-state index in [-0.39, 0.29) is 16.2 Å². The first-order valence-electron chi connectivity index (χ1n) is 5.35. The number of hydrogen-bond donors (Lipinski definition) is 1. The van der Waals surface area contributed by atoms with Crippen LogP contribution in [-0.2, 0) is 15.6 Å². The van der Waals surface area contributed by atoms with Gasteiger partial charge in [-0.2, -0.15) is 0 Å².